The largest absolute Gasteiger partial charge is 0.373 e. The number of rotatable bonds is 0. The van der Waals surface area contributed by atoms with E-state index in [1.165, 1.54) is 6.42 Å². The minimum Gasteiger partial charge on any atom is -0.373 e. The van der Waals surface area contributed by atoms with Crippen molar-refractivity contribution in [2.75, 3.05) is 6.61 Å². The lowest BCUT2D eigenvalue weighted by Gasteiger charge is -2.05. The fourth-order valence-corrected chi connectivity index (χ4v) is 1.04. The van der Waals surface area contributed by atoms with Crippen LogP contribution in [0, 0.1) is 0 Å². The Morgan fingerprint density at radius 3 is 1.91 bits per heavy atom. The van der Waals surface area contributed by atoms with Gasteiger partial charge in [-0.2, -0.15) is 0 Å². The highest BCUT2D eigenvalue weighted by molar-refractivity contribution is 5.78. The van der Waals surface area contributed by atoms with E-state index in [0.717, 1.165) is 32.3 Å². The first-order valence-electron chi connectivity index (χ1n) is 4.42. The number of ketones is 1. The zero-order valence-corrected chi connectivity index (χ0v) is 7.14. The fraction of sp³-hybridized carbons (Fsp3) is 0.889. The van der Waals surface area contributed by atoms with Crippen molar-refractivity contribution in [1.82, 2.24) is 0 Å². The highest BCUT2D eigenvalue weighted by atomic mass is 16.6. The Morgan fingerprint density at radius 2 is 1.73 bits per heavy atom. The molecule has 2 aliphatic rings. The number of carbonyl (C=O) groups is 1. The van der Waals surface area contributed by atoms with Gasteiger partial charge in [0.25, 0.3) is 0 Å². The molecule has 1 saturated carbocycles. The van der Waals surface area contributed by atoms with Crippen LogP contribution in [0.3, 0.4) is 0 Å². The van der Waals surface area contributed by atoms with Crippen LogP contribution in [0.2, 0.25) is 0 Å². The summed E-state index contributed by atoms with van der Waals surface area (Å²) in [6.45, 7) is 3.04. The van der Waals surface area contributed by atoms with Gasteiger partial charge >= 0.3 is 0 Å². The maximum atomic E-state index is 10.5. The van der Waals surface area contributed by atoms with E-state index >= 15 is 0 Å². The quantitative estimate of drug-likeness (QED) is 0.501. The summed E-state index contributed by atoms with van der Waals surface area (Å²) < 4.78 is 4.71. The molecule has 1 aliphatic carbocycles. The molecule has 2 nitrogen and oxygen atoms in total. The predicted molar refractivity (Wildman–Crippen MR) is 43.5 cm³/mol. The van der Waals surface area contributed by atoms with Gasteiger partial charge in [0.05, 0.1) is 12.7 Å². The topological polar surface area (TPSA) is 29.6 Å². The SMILES string of the molecule is CC1CO1.O=C1CCCCC1. The van der Waals surface area contributed by atoms with Gasteiger partial charge in [-0.05, 0) is 19.8 Å². The van der Waals surface area contributed by atoms with Crippen LogP contribution in [0.4, 0.5) is 0 Å². The Bertz CT molecular complexity index is 120. The average molecular weight is 156 g/mol. The number of ether oxygens (including phenoxy) is 1. The normalized spacial score (nSPS) is 28.8. The third-order valence-corrected chi connectivity index (χ3v) is 1.91. The van der Waals surface area contributed by atoms with E-state index in [4.69, 9.17) is 4.74 Å². The first kappa shape index (κ1) is 8.72. The molecule has 0 N–H and O–H groups in total. The van der Waals surface area contributed by atoms with E-state index < -0.39 is 0 Å². The molecule has 1 atom stereocenters. The monoisotopic (exact) mass is 156 g/mol. The lowest BCUT2D eigenvalue weighted by molar-refractivity contribution is -0.120. The maximum absolute atomic E-state index is 10.5. The van der Waals surface area contributed by atoms with Crippen molar-refractivity contribution < 1.29 is 9.53 Å². The summed E-state index contributed by atoms with van der Waals surface area (Å²) in [5, 5.41) is 0. The maximum Gasteiger partial charge on any atom is 0.132 e. The van der Waals surface area contributed by atoms with E-state index in [1.54, 1.807) is 0 Å². The Labute approximate surface area is 67.9 Å². The van der Waals surface area contributed by atoms with Gasteiger partial charge in [0, 0.05) is 12.8 Å². The van der Waals surface area contributed by atoms with Gasteiger partial charge in [0.1, 0.15) is 5.78 Å². The summed E-state index contributed by atoms with van der Waals surface area (Å²) >= 11 is 0. The molecule has 1 aliphatic heterocycles. The lowest BCUT2D eigenvalue weighted by Crippen LogP contribution is -2.02. The summed E-state index contributed by atoms with van der Waals surface area (Å²) in [6.07, 6.45) is 5.82. The van der Waals surface area contributed by atoms with Crippen LogP contribution in [0.25, 0.3) is 0 Å². The fourth-order valence-electron chi connectivity index (χ4n) is 1.04. The molecule has 0 aromatic rings. The van der Waals surface area contributed by atoms with Crippen LogP contribution < -0.4 is 0 Å². The van der Waals surface area contributed by atoms with Crippen molar-refractivity contribution in [3.05, 3.63) is 0 Å². The van der Waals surface area contributed by atoms with Gasteiger partial charge in [-0.15, -0.1) is 0 Å². The summed E-state index contributed by atoms with van der Waals surface area (Å²) in [5.74, 6) is 0.464. The highest BCUT2D eigenvalue weighted by Gasteiger charge is 2.13. The lowest BCUT2D eigenvalue weighted by atomic mass is 10.00. The van der Waals surface area contributed by atoms with Crippen LogP contribution >= 0.6 is 0 Å². The molecule has 0 bridgehead atoms. The van der Waals surface area contributed by atoms with Gasteiger partial charge < -0.3 is 4.74 Å². The zero-order valence-electron chi connectivity index (χ0n) is 7.14. The molecular formula is C9H16O2. The van der Waals surface area contributed by atoms with E-state index in [1.807, 2.05) is 0 Å². The molecular weight excluding hydrogens is 140 g/mol. The molecule has 0 radical (unpaired) electrons. The van der Waals surface area contributed by atoms with Crippen molar-refractivity contribution in [3.63, 3.8) is 0 Å². The number of hydrogen-bond donors (Lipinski definition) is 0. The van der Waals surface area contributed by atoms with Crippen LogP contribution in [0.15, 0.2) is 0 Å². The van der Waals surface area contributed by atoms with Gasteiger partial charge in [0.2, 0.25) is 0 Å². The number of hydrogen-bond acceptors (Lipinski definition) is 2. The van der Waals surface area contributed by atoms with Crippen LogP contribution in [-0.2, 0) is 9.53 Å². The van der Waals surface area contributed by atoms with Crippen LogP contribution in [0.5, 0.6) is 0 Å². The van der Waals surface area contributed by atoms with E-state index in [0.29, 0.717) is 11.9 Å². The van der Waals surface area contributed by atoms with Crippen molar-refractivity contribution >= 4 is 5.78 Å². The smallest absolute Gasteiger partial charge is 0.132 e. The summed E-state index contributed by atoms with van der Waals surface area (Å²) in [5.41, 5.74) is 0. The molecule has 0 aromatic carbocycles. The highest BCUT2D eigenvalue weighted by Crippen LogP contribution is 2.12. The summed E-state index contributed by atoms with van der Waals surface area (Å²) in [4.78, 5) is 10.5. The van der Waals surface area contributed by atoms with Crippen molar-refractivity contribution in [2.45, 2.75) is 45.1 Å². The van der Waals surface area contributed by atoms with Crippen molar-refractivity contribution in [1.29, 1.82) is 0 Å². The minimum atomic E-state index is 0.464. The average Bonchev–Trinajstić information content (AvgIpc) is 2.75. The molecule has 0 aromatic heterocycles. The van der Waals surface area contributed by atoms with E-state index in [2.05, 4.69) is 6.92 Å². The second kappa shape index (κ2) is 4.50. The van der Waals surface area contributed by atoms with Gasteiger partial charge in [-0.1, -0.05) is 6.42 Å². The first-order valence-corrected chi connectivity index (χ1v) is 4.42. The molecule has 1 unspecified atom stereocenters. The molecule has 64 valence electrons. The number of carbonyl (C=O) groups excluding carboxylic acids is 1. The predicted octanol–water partition coefficient (Wildman–Crippen LogP) is 1.92. The Kier molecular flexibility index (Phi) is 3.57. The molecule has 0 amide bonds. The van der Waals surface area contributed by atoms with Crippen molar-refractivity contribution in [2.24, 2.45) is 0 Å². The van der Waals surface area contributed by atoms with Crippen molar-refractivity contribution in [3.8, 4) is 0 Å². The summed E-state index contributed by atoms with van der Waals surface area (Å²) in [7, 11) is 0. The number of epoxide rings is 1. The molecule has 11 heavy (non-hydrogen) atoms. The minimum absolute atomic E-state index is 0.464. The van der Waals surface area contributed by atoms with E-state index in [9.17, 15) is 4.79 Å². The van der Waals surface area contributed by atoms with E-state index in [-0.39, 0.29) is 0 Å². The Morgan fingerprint density at radius 1 is 1.27 bits per heavy atom. The van der Waals surface area contributed by atoms with Crippen LogP contribution in [0.1, 0.15) is 39.0 Å². The molecule has 1 heterocycles. The van der Waals surface area contributed by atoms with Gasteiger partial charge in [-0.3, -0.25) is 4.79 Å². The Balaban J connectivity index is 0.000000128. The third kappa shape index (κ3) is 4.96. The molecule has 1 saturated heterocycles. The molecule has 2 rings (SSSR count). The third-order valence-electron chi connectivity index (χ3n) is 1.91. The Hall–Kier alpha value is -0.370. The molecule has 2 fully saturated rings. The molecule has 2 heteroatoms. The second-order valence-corrected chi connectivity index (χ2v) is 3.24. The zero-order chi connectivity index (χ0) is 8.10. The molecule has 0 spiro atoms. The van der Waals surface area contributed by atoms with Crippen LogP contribution in [-0.4, -0.2) is 18.5 Å². The standard InChI is InChI=1S/C6H10O.C3H6O/c7-6-4-2-1-3-5-6;1-3-2-4-3/h1-5H2;3H,2H2,1H3. The second-order valence-electron chi connectivity index (χ2n) is 3.24. The first-order chi connectivity index (χ1) is 5.29. The summed E-state index contributed by atoms with van der Waals surface area (Å²) in [6, 6.07) is 0. The number of Topliss-reactive ketones (excluding diaryl/α,β-unsaturated/α-hetero) is 1. The van der Waals surface area contributed by atoms with Gasteiger partial charge in [-0.25, -0.2) is 0 Å². The van der Waals surface area contributed by atoms with Gasteiger partial charge in [0.15, 0.2) is 0 Å².